The average molecular weight is 203 g/mol. The number of rotatable bonds is 8. The molecule has 0 saturated heterocycles. The second kappa shape index (κ2) is 7.21. The summed E-state index contributed by atoms with van der Waals surface area (Å²) >= 11 is 0. The van der Waals surface area contributed by atoms with Gasteiger partial charge >= 0.3 is 0 Å². The molecule has 0 aliphatic rings. The van der Waals surface area contributed by atoms with Gasteiger partial charge in [0, 0.05) is 13.2 Å². The summed E-state index contributed by atoms with van der Waals surface area (Å²) in [7, 11) is 0. The van der Waals surface area contributed by atoms with Crippen LogP contribution in [0.4, 0.5) is 0 Å². The lowest BCUT2D eigenvalue weighted by Crippen LogP contribution is -2.37. The lowest BCUT2D eigenvalue weighted by Gasteiger charge is -2.26. The van der Waals surface area contributed by atoms with Crippen LogP contribution in [0, 0.1) is 5.92 Å². The predicted octanol–water partition coefficient (Wildman–Crippen LogP) is 1.80. The smallest absolute Gasteiger partial charge is 0.0774 e. The highest BCUT2D eigenvalue weighted by Gasteiger charge is 2.19. The Morgan fingerprint density at radius 1 is 1.29 bits per heavy atom. The first-order chi connectivity index (χ1) is 6.54. The summed E-state index contributed by atoms with van der Waals surface area (Å²) in [6.07, 6.45) is 0.938. The van der Waals surface area contributed by atoms with Crippen LogP contribution in [0.3, 0.4) is 0 Å². The Morgan fingerprint density at radius 3 is 2.36 bits per heavy atom. The molecule has 1 unspecified atom stereocenters. The predicted molar refractivity (Wildman–Crippen MR) is 59.4 cm³/mol. The summed E-state index contributed by atoms with van der Waals surface area (Å²) in [6.45, 7) is 11.1. The van der Waals surface area contributed by atoms with Gasteiger partial charge in [-0.05, 0) is 19.3 Å². The molecule has 3 nitrogen and oxygen atoms in total. The maximum atomic E-state index is 5.66. The van der Waals surface area contributed by atoms with E-state index in [0.29, 0.717) is 25.7 Å². The fourth-order valence-electron chi connectivity index (χ4n) is 0.971. The third-order valence-corrected chi connectivity index (χ3v) is 2.31. The largest absolute Gasteiger partial charge is 0.379 e. The van der Waals surface area contributed by atoms with Crippen molar-refractivity contribution in [2.75, 3.05) is 26.4 Å². The molecule has 2 N–H and O–H groups in total. The highest BCUT2D eigenvalue weighted by Crippen LogP contribution is 2.12. The van der Waals surface area contributed by atoms with Crippen molar-refractivity contribution in [2.45, 2.75) is 39.7 Å². The van der Waals surface area contributed by atoms with Gasteiger partial charge in [-0.2, -0.15) is 0 Å². The first kappa shape index (κ1) is 13.9. The molecular formula is C11H25NO2. The van der Waals surface area contributed by atoms with Crippen LogP contribution in [0.1, 0.15) is 34.1 Å². The number of ether oxygens (including phenoxy) is 2. The lowest BCUT2D eigenvalue weighted by atomic mass is 10.0. The Labute approximate surface area is 88.0 Å². The molecule has 0 fully saturated rings. The van der Waals surface area contributed by atoms with Crippen LogP contribution >= 0.6 is 0 Å². The molecule has 0 bridgehead atoms. The molecule has 0 aromatic heterocycles. The van der Waals surface area contributed by atoms with Gasteiger partial charge in [0.1, 0.15) is 0 Å². The lowest BCUT2D eigenvalue weighted by molar-refractivity contribution is -0.0555. The minimum absolute atomic E-state index is 0.179. The molecule has 3 heteroatoms. The van der Waals surface area contributed by atoms with Gasteiger partial charge in [-0.25, -0.2) is 0 Å². The minimum Gasteiger partial charge on any atom is -0.379 e. The Morgan fingerprint density at radius 2 is 1.93 bits per heavy atom. The van der Waals surface area contributed by atoms with Crippen LogP contribution in [0.25, 0.3) is 0 Å². The van der Waals surface area contributed by atoms with Crippen LogP contribution < -0.4 is 5.73 Å². The van der Waals surface area contributed by atoms with E-state index in [4.69, 9.17) is 15.2 Å². The van der Waals surface area contributed by atoms with E-state index in [1.165, 1.54) is 0 Å². The third-order valence-electron chi connectivity index (χ3n) is 2.31. The summed E-state index contributed by atoms with van der Waals surface area (Å²) in [5.41, 5.74) is 5.44. The zero-order valence-corrected chi connectivity index (χ0v) is 10.0. The zero-order valence-electron chi connectivity index (χ0n) is 10.0. The quantitative estimate of drug-likeness (QED) is 0.612. The molecule has 0 aromatic rings. The van der Waals surface area contributed by atoms with E-state index in [0.717, 1.165) is 13.0 Å². The van der Waals surface area contributed by atoms with E-state index >= 15 is 0 Å². The Hall–Kier alpha value is -0.120. The van der Waals surface area contributed by atoms with Gasteiger partial charge in [0.15, 0.2) is 0 Å². The van der Waals surface area contributed by atoms with E-state index in [-0.39, 0.29) is 5.60 Å². The molecule has 0 aromatic carbocycles. The summed E-state index contributed by atoms with van der Waals surface area (Å²) < 4.78 is 11.1. The van der Waals surface area contributed by atoms with E-state index in [2.05, 4.69) is 20.8 Å². The van der Waals surface area contributed by atoms with Gasteiger partial charge in [-0.15, -0.1) is 0 Å². The van der Waals surface area contributed by atoms with Gasteiger partial charge in [0.05, 0.1) is 18.8 Å². The second-order valence-corrected chi connectivity index (χ2v) is 4.32. The number of hydrogen-bond donors (Lipinski definition) is 1. The highest BCUT2D eigenvalue weighted by molar-refractivity contribution is 4.73. The zero-order chi connectivity index (χ0) is 11.0. The van der Waals surface area contributed by atoms with Gasteiger partial charge in [-0.1, -0.05) is 20.8 Å². The van der Waals surface area contributed by atoms with Crippen molar-refractivity contribution in [1.29, 1.82) is 0 Å². The molecule has 0 aliphatic carbocycles. The van der Waals surface area contributed by atoms with E-state index in [1.54, 1.807) is 0 Å². The second-order valence-electron chi connectivity index (χ2n) is 4.32. The monoisotopic (exact) mass is 203 g/mol. The summed E-state index contributed by atoms with van der Waals surface area (Å²) in [5, 5.41) is 0. The minimum atomic E-state index is -0.179. The van der Waals surface area contributed by atoms with Crippen LogP contribution in [0.5, 0.6) is 0 Å². The average Bonchev–Trinajstić information content (AvgIpc) is 2.16. The van der Waals surface area contributed by atoms with Gasteiger partial charge in [-0.3, -0.25) is 0 Å². The Balaban J connectivity index is 3.43. The van der Waals surface area contributed by atoms with Gasteiger partial charge in [0.2, 0.25) is 0 Å². The van der Waals surface area contributed by atoms with Crippen molar-refractivity contribution in [1.82, 2.24) is 0 Å². The fourth-order valence-corrected chi connectivity index (χ4v) is 0.971. The van der Waals surface area contributed by atoms with Gasteiger partial charge in [0.25, 0.3) is 0 Å². The van der Waals surface area contributed by atoms with Gasteiger partial charge < -0.3 is 15.2 Å². The maximum absolute atomic E-state index is 5.66. The fraction of sp³-hybridized carbons (Fsp3) is 1.00. The van der Waals surface area contributed by atoms with Crippen molar-refractivity contribution < 1.29 is 9.47 Å². The molecular weight excluding hydrogens is 178 g/mol. The Bertz CT molecular complexity index is 133. The van der Waals surface area contributed by atoms with Crippen LogP contribution in [0.15, 0.2) is 0 Å². The van der Waals surface area contributed by atoms with E-state index < -0.39 is 0 Å². The van der Waals surface area contributed by atoms with Crippen molar-refractivity contribution in [3.05, 3.63) is 0 Å². The summed E-state index contributed by atoms with van der Waals surface area (Å²) in [4.78, 5) is 0. The molecule has 1 atom stereocenters. The summed E-state index contributed by atoms with van der Waals surface area (Å²) in [6, 6.07) is 0. The normalized spacial score (nSPS) is 15.9. The third kappa shape index (κ3) is 6.35. The highest BCUT2D eigenvalue weighted by atomic mass is 16.5. The molecule has 0 radical (unpaired) electrons. The van der Waals surface area contributed by atoms with Crippen molar-refractivity contribution in [3.63, 3.8) is 0 Å². The first-order valence-corrected chi connectivity index (χ1v) is 5.46. The molecule has 86 valence electrons. The molecule has 0 rings (SSSR count). The molecule has 14 heavy (non-hydrogen) atoms. The Kier molecular flexibility index (Phi) is 7.15. The number of nitrogens with two attached hydrogens (primary N) is 1. The van der Waals surface area contributed by atoms with Crippen LogP contribution in [-0.4, -0.2) is 32.0 Å². The SMILES string of the molecule is CCC(C)(CN)OCCOCC(C)C. The molecule has 0 saturated carbocycles. The molecule has 0 heterocycles. The van der Waals surface area contributed by atoms with Crippen LogP contribution in [-0.2, 0) is 9.47 Å². The topological polar surface area (TPSA) is 44.5 Å². The van der Waals surface area contributed by atoms with E-state index in [9.17, 15) is 0 Å². The van der Waals surface area contributed by atoms with Crippen molar-refractivity contribution in [2.24, 2.45) is 11.7 Å². The standard InChI is InChI=1S/C11H25NO2/c1-5-11(4,9-12)14-7-6-13-8-10(2)3/h10H,5-9,12H2,1-4H3. The number of hydrogen-bond acceptors (Lipinski definition) is 3. The summed E-state index contributed by atoms with van der Waals surface area (Å²) in [5.74, 6) is 0.585. The van der Waals surface area contributed by atoms with Crippen molar-refractivity contribution in [3.8, 4) is 0 Å². The van der Waals surface area contributed by atoms with Crippen molar-refractivity contribution >= 4 is 0 Å². The molecule has 0 amide bonds. The first-order valence-electron chi connectivity index (χ1n) is 5.46. The molecule has 0 aliphatic heterocycles. The van der Waals surface area contributed by atoms with Crippen LogP contribution in [0.2, 0.25) is 0 Å². The molecule has 0 spiro atoms. The van der Waals surface area contributed by atoms with E-state index in [1.807, 2.05) is 6.92 Å². The maximum Gasteiger partial charge on any atom is 0.0774 e.